The standard InChI is InChI=1S/C14H17ClN2O/c1-2-17(13-9-16-10-13)14(18)8-5-11-3-6-12(15)7-4-11/h3-8,13,16H,2,9-10H2,1H3. The quantitative estimate of drug-likeness (QED) is 0.846. The van der Waals surface area contributed by atoms with Crippen molar-refractivity contribution in [1.29, 1.82) is 0 Å². The number of nitrogens with one attached hydrogen (secondary N) is 1. The maximum atomic E-state index is 12.0. The van der Waals surface area contributed by atoms with E-state index >= 15 is 0 Å². The SMILES string of the molecule is CCN(C(=O)C=Cc1ccc(Cl)cc1)C1CNC1. The molecule has 1 aliphatic rings. The highest BCUT2D eigenvalue weighted by atomic mass is 35.5. The molecule has 0 atom stereocenters. The number of likely N-dealkylation sites (N-methyl/N-ethyl adjacent to an activating group) is 1. The van der Waals surface area contributed by atoms with Crippen LogP contribution in [-0.4, -0.2) is 36.5 Å². The van der Waals surface area contributed by atoms with Gasteiger partial charge in [0.05, 0.1) is 6.04 Å². The van der Waals surface area contributed by atoms with Crippen LogP contribution in [0.3, 0.4) is 0 Å². The monoisotopic (exact) mass is 264 g/mol. The summed E-state index contributed by atoms with van der Waals surface area (Å²) in [5.74, 6) is 0.0685. The first-order chi connectivity index (χ1) is 8.70. The number of carbonyl (C=O) groups is 1. The predicted octanol–water partition coefficient (Wildman–Crippen LogP) is 2.17. The Hall–Kier alpha value is -1.32. The van der Waals surface area contributed by atoms with Crippen LogP contribution in [0.2, 0.25) is 5.02 Å². The highest BCUT2D eigenvalue weighted by molar-refractivity contribution is 6.30. The summed E-state index contributed by atoms with van der Waals surface area (Å²) in [4.78, 5) is 13.9. The molecule has 3 nitrogen and oxygen atoms in total. The second kappa shape index (κ2) is 6.03. The number of amides is 1. The maximum Gasteiger partial charge on any atom is 0.246 e. The number of hydrogen-bond acceptors (Lipinski definition) is 2. The Morgan fingerprint density at radius 2 is 2.11 bits per heavy atom. The number of rotatable bonds is 4. The molecule has 1 heterocycles. The van der Waals surface area contributed by atoms with Crippen molar-refractivity contribution in [3.63, 3.8) is 0 Å². The largest absolute Gasteiger partial charge is 0.334 e. The van der Waals surface area contributed by atoms with E-state index in [9.17, 15) is 4.79 Å². The van der Waals surface area contributed by atoms with Crippen LogP contribution in [0, 0.1) is 0 Å². The van der Waals surface area contributed by atoms with Gasteiger partial charge in [0.25, 0.3) is 0 Å². The van der Waals surface area contributed by atoms with Gasteiger partial charge in [0.15, 0.2) is 0 Å². The lowest BCUT2D eigenvalue weighted by atomic mass is 10.1. The van der Waals surface area contributed by atoms with E-state index < -0.39 is 0 Å². The Balaban J connectivity index is 1.98. The molecule has 1 aliphatic heterocycles. The number of benzene rings is 1. The molecule has 1 saturated heterocycles. The molecule has 1 amide bonds. The Morgan fingerprint density at radius 1 is 1.44 bits per heavy atom. The van der Waals surface area contributed by atoms with E-state index in [0.717, 1.165) is 25.2 Å². The Kier molecular flexibility index (Phi) is 4.39. The molecule has 96 valence electrons. The van der Waals surface area contributed by atoms with Gasteiger partial charge in [0.1, 0.15) is 0 Å². The minimum atomic E-state index is 0.0685. The smallest absolute Gasteiger partial charge is 0.246 e. The van der Waals surface area contributed by atoms with Gasteiger partial charge in [-0.1, -0.05) is 23.7 Å². The molecule has 18 heavy (non-hydrogen) atoms. The molecule has 2 rings (SSSR count). The van der Waals surface area contributed by atoms with Crippen molar-refractivity contribution in [3.05, 3.63) is 40.9 Å². The Labute approximate surface area is 112 Å². The molecule has 0 radical (unpaired) electrons. The van der Waals surface area contributed by atoms with Crippen LogP contribution in [-0.2, 0) is 4.79 Å². The number of carbonyl (C=O) groups excluding carboxylic acids is 1. The molecule has 0 saturated carbocycles. The van der Waals surface area contributed by atoms with E-state index in [4.69, 9.17) is 11.6 Å². The first kappa shape index (κ1) is 13.1. The normalized spacial score (nSPS) is 15.7. The maximum absolute atomic E-state index is 12.0. The molecular weight excluding hydrogens is 248 g/mol. The van der Waals surface area contributed by atoms with E-state index in [1.165, 1.54) is 0 Å². The molecule has 4 heteroatoms. The van der Waals surface area contributed by atoms with Crippen LogP contribution in [0.5, 0.6) is 0 Å². The summed E-state index contributed by atoms with van der Waals surface area (Å²) in [6.07, 6.45) is 3.46. The minimum absolute atomic E-state index is 0.0685. The molecule has 1 fully saturated rings. The van der Waals surface area contributed by atoms with Gasteiger partial charge in [-0.05, 0) is 30.7 Å². The van der Waals surface area contributed by atoms with Crippen LogP contribution in [0.4, 0.5) is 0 Å². The summed E-state index contributed by atoms with van der Waals surface area (Å²) in [6, 6.07) is 7.77. The zero-order valence-corrected chi connectivity index (χ0v) is 11.2. The van der Waals surface area contributed by atoms with Gasteiger partial charge < -0.3 is 10.2 Å². The predicted molar refractivity (Wildman–Crippen MR) is 74.5 cm³/mol. The van der Waals surface area contributed by atoms with Crippen molar-refractivity contribution in [3.8, 4) is 0 Å². The fourth-order valence-corrected chi connectivity index (χ4v) is 2.05. The topological polar surface area (TPSA) is 32.3 Å². The van der Waals surface area contributed by atoms with E-state index in [0.29, 0.717) is 11.1 Å². The van der Waals surface area contributed by atoms with Crippen LogP contribution in [0.25, 0.3) is 6.08 Å². The third-order valence-corrected chi connectivity index (χ3v) is 3.36. The fourth-order valence-electron chi connectivity index (χ4n) is 1.92. The van der Waals surface area contributed by atoms with Gasteiger partial charge in [-0.3, -0.25) is 4.79 Å². The zero-order chi connectivity index (χ0) is 13.0. The zero-order valence-electron chi connectivity index (χ0n) is 10.4. The molecule has 0 aromatic heterocycles. The molecule has 0 spiro atoms. The first-order valence-corrected chi connectivity index (χ1v) is 6.53. The van der Waals surface area contributed by atoms with Gasteiger partial charge in [-0.25, -0.2) is 0 Å². The number of halogens is 1. The average Bonchev–Trinajstić information content (AvgIpc) is 2.32. The van der Waals surface area contributed by atoms with E-state index in [2.05, 4.69) is 5.32 Å². The van der Waals surface area contributed by atoms with Gasteiger partial charge in [-0.2, -0.15) is 0 Å². The van der Waals surface area contributed by atoms with Gasteiger partial charge in [0.2, 0.25) is 5.91 Å². The molecule has 0 unspecified atom stereocenters. The van der Waals surface area contributed by atoms with Crippen molar-refractivity contribution in [2.24, 2.45) is 0 Å². The molecule has 1 aromatic rings. The fraction of sp³-hybridized carbons (Fsp3) is 0.357. The van der Waals surface area contributed by atoms with Crippen LogP contribution < -0.4 is 5.32 Å². The summed E-state index contributed by atoms with van der Waals surface area (Å²) < 4.78 is 0. The molecule has 0 aliphatic carbocycles. The second-order valence-corrected chi connectivity index (χ2v) is 4.76. The summed E-state index contributed by atoms with van der Waals surface area (Å²) in [5, 5.41) is 3.88. The molecule has 0 bridgehead atoms. The highest BCUT2D eigenvalue weighted by Crippen LogP contribution is 2.11. The third kappa shape index (κ3) is 3.12. The van der Waals surface area contributed by atoms with Crippen molar-refractivity contribution in [1.82, 2.24) is 10.2 Å². The Morgan fingerprint density at radius 3 is 2.61 bits per heavy atom. The lowest BCUT2D eigenvalue weighted by Gasteiger charge is -2.37. The summed E-state index contributed by atoms with van der Waals surface area (Å²) in [7, 11) is 0. The van der Waals surface area contributed by atoms with Gasteiger partial charge in [0, 0.05) is 30.7 Å². The summed E-state index contributed by atoms with van der Waals surface area (Å²) >= 11 is 5.81. The second-order valence-electron chi connectivity index (χ2n) is 4.32. The van der Waals surface area contributed by atoms with Crippen LogP contribution >= 0.6 is 11.6 Å². The number of nitrogens with zero attached hydrogens (tertiary/aromatic N) is 1. The van der Waals surface area contributed by atoms with Gasteiger partial charge in [-0.15, -0.1) is 0 Å². The first-order valence-electron chi connectivity index (χ1n) is 6.15. The van der Waals surface area contributed by atoms with Crippen LogP contribution in [0.15, 0.2) is 30.3 Å². The third-order valence-electron chi connectivity index (χ3n) is 3.11. The summed E-state index contributed by atoms with van der Waals surface area (Å²) in [5.41, 5.74) is 0.982. The van der Waals surface area contributed by atoms with Crippen molar-refractivity contribution < 1.29 is 4.79 Å². The van der Waals surface area contributed by atoms with E-state index in [1.807, 2.05) is 42.2 Å². The average molecular weight is 265 g/mol. The molecule has 1 N–H and O–H groups in total. The number of hydrogen-bond donors (Lipinski definition) is 1. The van der Waals surface area contributed by atoms with E-state index in [-0.39, 0.29) is 5.91 Å². The van der Waals surface area contributed by atoms with Crippen LogP contribution in [0.1, 0.15) is 12.5 Å². The molecular formula is C14H17ClN2O. The van der Waals surface area contributed by atoms with Gasteiger partial charge >= 0.3 is 0 Å². The highest BCUT2D eigenvalue weighted by Gasteiger charge is 2.25. The lowest BCUT2D eigenvalue weighted by molar-refractivity contribution is -0.128. The Bertz CT molecular complexity index is 438. The minimum Gasteiger partial charge on any atom is -0.334 e. The van der Waals surface area contributed by atoms with Crippen molar-refractivity contribution in [2.45, 2.75) is 13.0 Å². The summed E-state index contributed by atoms with van der Waals surface area (Å²) in [6.45, 7) is 4.55. The van der Waals surface area contributed by atoms with E-state index in [1.54, 1.807) is 6.08 Å². The van der Waals surface area contributed by atoms with Crippen molar-refractivity contribution >= 4 is 23.6 Å². The van der Waals surface area contributed by atoms with Crippen molar-refractivity contribution in [2.75, 3.05) is 19.6 Å². The lowest BCUT2D eigenvalue weighted by Crippen LogP contribution is -2.58. The molecule has 1 aromatic carbocycles.